The van der Waals surface area contributed by atoms with Gasteiger partial charge in [-0.1, -0.05) is 12.1 Å². The van der Waals surface area contributed by atoms with Crippen molar-refractivity contribution in [2.45, 2.75) is 0 Å². The van der Waals surface area contributed by atoms with Crippen LogP contribution >= 0.6 is 0 Å². The molecule has 0 saturated carbocycles. The molecule has 0 spiro atoms. The van der Waals surface area contributed by atoms with Crippen LogP contribution in [0.5, 0.6) is 5.88 Å². The monoisotopic (exact) mass is 250 g/mol. The number of nitrogens with one attached hydrogen (secondary N) is 1. The highest BCUT2D eigenvalue weighted by molar-refractivity contribution is 5.76. The lowest BCUT2D eigenvalue weighted by Crippen LogP contribution is -2.01. The lowest BCUT2D eigenvalue weighted by Gasteiger charge is -2.08. The average Bonchev–Trinajstić information content (AvgIpc) is 2.47. The zero-order valence-electron chi connectivity index (χ0n) is 10.2. The first kappa shape index (κ1) is 11.2. The molecule has 3 rings (SSSR count). The highest BCUT2D eigenvalue weighted by atomic mass is 16.5. The van der Waals surface area contributed by atoms with Crippen molar-refractivity contribution in [3.05, 3.63) is 48.7 Å². The van der Waals surface area contributed by atoms with Crippen LogP contribution in [0.1, 0.15) is 0 Å². The Bertz CT molecular complexity index is 700. The molecule has 0 aliphatic heterocycles. The molecule has 2 aromatic heterocycles. The number of nitrogens with zero attached hydrogens (tertiary/aromatic N) is 3. The van der Waals surface area contributed by atoms with Gasteiger partial charge in [-0.3, -0.25) is 0 Å². The molecule has 3 aromatic rings. The first-order valence-electron chi connectivity index (χ1n) is 5.69. The lowest BCUT2D eigenvalue weighted by atomic mass is 10.3. The second kappa shape index (κ2) is 4.78. The zero-order chi connectivity index (χ0) is 13.1. The summed E-state index contributed by atoms with van der Waals surface area (Å²) >= 11 is 0. The Kier molecular flexibility index (Phi) is 2.83. The smallest absolute Gasteiger partial charge is 0.258 e. The fraction of sp³-hybridized carbons (Fsp3) is 0.0714. The van der Waals surface area contributed by atoms with E-state index in [2.05, 4.69) is 32.4 Å². The Morgan fingerprint density at radius 3 is 2.95 bits per heavy atom. The van der Waals surface area contributed by atoms with Crippen molar-refractivity contribution >= 4 is 22.7 Å². The van der Waals surface area contributed by atoms with Crippen molar-refractivity contribution in [1.82, 2.24) is 15.0 Å². The number of methoxy groups -OCH3 is 1. The molecular weight excluding hydrogens is 240 g/mol. The van der Waals surface area contributed by atoms with E-state index in [0.717, 1.165) is 5.52 Å². The van der Waals surface area contributed by atoms with Gasteiger partial charge in [-0.15, -0.1) is 0 Å². The molecule has 0 amide bonds. The van der Waals surface area contributed by atoms with E-state index in [1.165, 1.54) is 0 Å². The Morgan fingerprint density at radius 1 is 1.21 bits per heavy atom. The Hall–Kier alpha value is -2.87. The number of ether oxygens (including phenoxy) is 1. The predicted octanol–water partition coefficient (Wildman–Crippen LogP) is 2.38. The van der Waals surface area contributed by atoms with E-state index in [1.54, 1.807) is 19.4 Å². The number of rotatable bonds is 3. The van der Waals surface area contributed by atoms with E-state index in [1.807, 2.05) is 24.3 Å². The number of fused-ring (bicyclic) bond motifs is 1. The van der Waals surface area contributed by atoms with Crippen LogP contribution in [0.3, 0.4) is 0 Å². The normalized spacial score (nSPS) is 9.95. The van der Waals surface area contributed by atoms with Crippen molar-refractivity contribution in [1.29, 1.82) is 0 Å². The number of aromatic nitrogens is 3. The summed E-state index contributed by atoms with van der Waals surface area (Å²) in [4.78, 5) is 13.0. The van der Waals surface area contributed by atoms with Crippen LogP contribution in [0.2, 0.25) is 0 Å². The second-order valence-corrected chi connectivity index (χ2v) is 3.76. The SMILES string of the molecule is COc1nc2c#cccc2nc1Nc1ccccn1. The van der Waals surface area contributed by atoms with E-state index in [4.69, 9.17) is 4.74 Å². The maximum atomic E-state index is 5.23. The molecule has 5 nitrogen and oxygen atoms in total. The van der Waals surface area contributed by atoms with Gasteiger partial charge in [-0.2, -0.15) is 4.98 Å². The maximum absolute atomic E-state index is 5.23. The third-order valence-electron chi connectivity index (χ3n) is 2.51. The largest absolute Gasteiger partial charge is 0.478 e. The van der Waals surface area contributed by atoms with Gasteiger partial charge in [-0.05, 0) is 30.3 Å². The van der Waals surface area contributed by atoms with E-state index in [9.17, 15) is 0 Å². The van der Waals surface area contributed by atoms with E-state index in [0.29, 0.717) is 23.0 Å². The van der Waals surface area contributed by atoms with Crippen molar-refractivity contribution in [2.75, 3.05) is 12.4 Å². The van der Waals surface area contributed by atoms with Crippen molar-refractivity contribution < 1.29 is 4.74 Å². The molecule has 2 heterocycles. The first-order chi connectivity index (χ1) is 9.36. The van der Waals surface area contributed by atoms with Crippen LogP contribution in [-0.4, -0.2) is 22.1 Å². The molecule has 5 heteroatoms. The Morgan fingerprint density at radius 2 is 2.16 bits per heavy atom. The minimum Gasteiger partial charge on any atom is -0.478 e. The van der Waals surface area contributed by atoms with Gasteiger partial charge in [0, 0.05) is 6.20 Å². The van der Waals surface area contributed by atoms with Gasteiger partial charge < -0.3 is 10.1 Å². The predicted molar refractivity (Wildman–Crippen MR) is 71.3 cm³/mol. The topological polar surface area (TPSA) is 59.9 Å². The Balaban J connectivity index is 2.06. The Labute approximate surface area is 110 Å². The molecule has 0 aliphatic carbocycles. The van der Waals surface area contributed by atoms with Gasteiger partial charge in [0.15, 0.2) is 5.82 Å². The van der Waals surface area contributed by atoms with Gasteiger partial charge in [0.05, 0.1) is 7.11 Å². The fourth-order valence-electron chi connectivity index (χ4n) is 1.65. The van der Waals surface area contributed by atoms with Crippen LogP contribution in [0.4, 0.5) is 11.6 Å². The fourth-order valence-corrected chi connectivity index (χ4v) is 1.65. The van der Waals surface area contributed by atoms with E-state index < -0.39 is 0 Å². The van der Waals surface area contributed by atoms with Crippen LogP contribution in [-0.2, 0) is 0 Å². The van der Waals surface area contributed by atoms with Crippen LogP contribution in [0.15, 0.2) is 36.5 Å². The summed E-state index contributed by atoms with van der Waals surface area (Å²) in [6, 6.07) is 14.9. The molecular formula is C14H10N4O. The highest BCUT2D eigenvalue weighted by Gasteiger charge is 2.09. The van der Waals surface area contributed by atoms with Gasteiger partial charge in [0.2, 0.25) is 0 Å². The van der Waals surface area contributed by atoms with Crippen LogP contribution < -0.4 is 10.1 Å². The number of hydrogen-bond donors (Lipinski definition) is 1. The number of hydrogen-bond acceptors (Lipinski definition) is 5. The molecule has 1 N–H and O–H groups in total. The zero-order valence-corrected chi connectivity index (χ0v) is 10.2. The summed E-state index contributed by atoms with van der Waals surface area (Å²) in [6.45, 7) is 0. The minimum absolute atomic E-state index is 0.397. The molecule has 1 aromatic carbocycles. The van der Waals surface area contributed by atoms with Gasteiger partial charge in [-0.25, -0.2) is 9.97 Å². The standard InChI is InChI=1S/C14H10N4O/c1-19-14-13(18-12-8-4-5-9-15-12)16-10-6-2-3-7-11(10)17-14/h2,4-6,8-9H,1H3,(H,15,16,18). The van der Waals surface area contributed by atoms with E-state index >= 15 is 0 Å². The van der Waals surface area contributed by atoms with E-state index in [-0.39, 0.29) is 0 Å². The molecule has 0 fully saturated rings. The molecule has 92 valence electrons. The van der Waals surface area contributed by atoms with Gasteiger partial charge in [0.1, 0.15) is 16.9 Å². The summed E-state index contributed by atoms with van der Waals surface area (Å²) in [5.41, 5.74) is 1.34. The highest BCUT2D eigenvalue weighted by Crippen LogP contribution is 2.24. The molecule has 19 heavy (non-hydrogen) atoms. The molecule has 0 unspecified atom stereocenters. The second-order valence-electron chi connectivity index (χ2n) is 3.76. The minimum atomic E-state index is 0.397. The van der Waals surface area contributed by atoms with Crippen molar-refractivity contribution in [3.63, 3.8) is 0 Å². The molecule has 0 saturated heterocycles. The third kappa shape index (κ3) is 2.24. The summed E-state index contributed by atoms with van der Waals surface area (Å²) in [5, 5.41) is 3.08. The van der Waals surface area contributed by atoms with Gasteiger partial charge in [0.25, 0.3) is 5.88 Å². The quantitative estimate of drug-likeness (QED) is 0.773. The first-order valence-corrected chi connectivity index (χ1v) is 5.69. The molecule has 0 radical (unpaired) electrons. The number of pyridine rings is 1. The third-order valence-corrected chi connectivity index (χ3v) is 2.51. The summed E-state index contributed by atoms with van der Waals surface area (Å²) in [6.07, 6.45) is 1.70. The lowest BCUT2D eigenvalue weighted by molar-refractivity contribution is 0.400. The average molecular weight is 250 g/mol. The summed E-state index contributed by atoms with van der Waals surface area (Å²) < 4.78 is 5.23. The molecule has 0 aliphatic rings. The van der Waals surface area contributed by atoms with Crippen LogP contribution in [0, 0.1) is 12.1 Å². The summed E-state index contributed by atoms with van der Waals surface area (Å²) in [7, 11) is 1.55. The van der Waals surface area contributed by atoms with Crippen molar-refractivity contribution in [3.8, 4) is 5.88 Å². The van der Waals surface area contributed by atoms with Crippen molar-refractivity contribution in [2.24, 2.45) is 0 Å². The molecule has 0 bridgehead atoms. The number of anilines is 2. The molecule has 0 atom stereocenters. The van der Waals surface area contributed by atoms with Crippen LogP contribution in [0.25, 0.3) is 11.0 Å². The summed E-state index contributed by atoms with van der Waals surface area (Å²) in [5.74, 6) is 1.60. The maximum Gasteiger partial charge on any atom is 0.258 e. The van der Waals surface area contributed by atoms with Gasteiger partial charge >= 0.3 is 0 Å².